The molecule has 17 heteroatoms. The zero-order chi connectivity index (χ0) is 27.3. The first-order valence-corrected chi connectivity index (χ1v) is 10.3. The molecule has 0 amide bonds. The predicted molar refractivity (Wildman–Crippen MR) is 113 cm³/mol. The minimum Gasteiger partial charge on any atom is -0.475 e. The van der Waals surface area contributed by atoms with E-state index in [1.165, 1.54) is 18.5 Å². The van der Waals surface area contributed by atoms with Gasteiger partial charge in [-0.1, -0.05) is 0 Å². The second kappa shape index (κ2) is 11.4. The number of carboxylic acids is 2. The molecule has 1 atom stereocenters. The number of aliphatic carboxylic acids is 2. The molecular weight excluding hydrogens is 504 g/mol. The number of rotatable bonds is 4. The molecule has 1 saturated carbocycles. The summed E-state index contributed by atoms with van der Waals surface area (Å²) >= 11 is 0. The Balaban J connectivity index is 0.000000271. The largest absolute Gasteiger partial charge is 0.490 e. The number of nitrogens with one attached hydrogen (secondary N) is 2. The Morgan fingerprint density at radius 1 is 1.08 bits per heavy atom. The van der Waals surface area contributed by atoms with Crippen LogP contribution in [-0.2, 0) is 9.59 Å². The number of aromatic nitrogens is 4. The first-order chi connectivity index (χ1) is 16.6. The minimum absolute atomic E-state index is 0.323. The molecule has 2 aromatic heterocycles. The van der Waals surface area contributed by atoms with E-state index < -0.39 is 24.3 Å². The van der Waals surface area contributed by atoms with Crippen molar-refractivity contribution in [2.24, 2.45) is 0 Å². The maximum atomic E-state index is 10.6. The molecule has 2 aromatic rings. The zero-order valence-electron chi connectivity index (χ0n) is 18.7. The van der Waals surface area contributed by atoms with Crippen molar-refractivity contribution in [1.82, 2.24) is 25.5 Å². The van der Waals surface area contributed by atoms with Crippen molar-refractivity contribution in [3.63, 3.8) is 0 Å². The second-order valence-electron chi connectivity index (χ2n) is 7.77. The number of H-pyrrole nitrogens is 1. The van der Waals surface area contributed by atoms with Gasteiger partial charge in [0.05, 0.1) is 11.9 Å². The summed E-state index contributed by atoms with van der Waals surface area (Å²) in [4.78, 5) is 28.9. The van der Waals surface area contributed by atoms with E-state index in [1.54, 1.807) is 0 Å². The molecule has 1 saturated heterocycles. The summed E-state index contributed by atoms with van der Waals surface area (Å²) in [5.74, 6) is -3.69. The summed E-state index contributed by atoms with van der Waals surface area (Å²) in [7, 11) is 2.00. The van der Waals surface area contributed by atoms with Crippen LogP contribution in [0.2, 0.25) is 0 Å². The fourth-order valence-electron chi connectivity index (χ4n) is 3.14. The highest BCUT2D eigenvalue weighted by Gasteiger charge is 2.39. The van der Waals surface area contributed by atoms with Crippen LogP contribution in [0.3, 0.4) is 0 Å². The number of hydrogen-bond acceptors (Lipinski definition) is 8. The fraction of sp³-hybridized carbons (Fsp3) is 0.526. The Morgan fingerprint density at radius 3 is 2.08 bits per heavy atom. The van der Waals surface area contributed by atoms with Crippen LogP contribution in [-0.4, -0.2) is 80.8 Å². The highest BCUT2D eigenvalue weighted by atomic mass is 19.4. The van der Waals surface area contributed by atoms with Crippen LogP contribution in [0.1, 0.15) is 30.9 Å². The fourth-order valence-corrected chi connectivity index (χ4v) is 3.14. The van der Waals surface area contributed by atoms with Crippen molar-refractivity contribution in [1.29, 1.82) is 0 Å². The highest BCUT2D eigenvalue weighted by Crippen LogP contribution is 2.43. The predicted octanol–water partition coefficient (Wildman–Crippen LogP) is 2.39. The summed E-state index contributed by atoms with van der Waals surface area (Å²) in [5, 5.41) is 24.9. The van der Waals surface area contributed by atoms with Crippen molar-refractivity contribution in [3.05, 3.63) is 18.0 Å². The van der Waals surface area contributed by atoms with Crippen molar-refractivity contribution in [2.75, 3.05) is 30.8 Å². The third-order valence-electron chi connectivity index (χ3n) is 5.07. The number of hydrogen-bond donors (Lipinski definition) is 5. The minimum atomic E-state index is -5.08. The van der Waals surface area contributed by atoms with Gasteiger partial charge in [-0.05, 0) is 26.3 Å². The number of nitrogens with zero attached hydrogens (tertiary/aromatic N) is 4. The Kier molecular flexibility index (Phi) is 9.06. The van der Waals surface area contributed by atoms with Gasteiger partial charge in [-0.2, -0.15) is 36.4 Å². The van der Waals surface area contributed by atoms with Crippen LogP contribution in [0, 0.1) is 0 Å². The Morgan fingerprint density at radius 2 is 1.64 bits per heavy atom. The maximum absolute atomic E-state index is 10.6. The number of halogens is 6. The second-order valence-corrected chi connectivity index (χ2v) is 7.77. The van der Waals surface area contributed by atoms with Gasteiger partial charge in [0.1, 0.15) is 5.82 Å². The van der Waals surface area contributed by atoms with Crippen LogP contribution in [0.5, 0.6) is 0 Å². The van der Waals surface area contributed by atoms with E-state index in [4.69, 9.17) is 25.5 Å². The molecule has 36 heavy (non-hydrogen) atoms. The molecule has 0 radical (unpaired) electrons. The molecule has 1 aliphatic heterocycles. The highest BCUT2D eigenvalue weighted by molar-refractivity contribution is 5.73. The lowest BCUT2D eigenvalue weighted by Crippen LogP contribution is -2.30. The lowest BCUT2D eigenvalue weighted by atomic mass is 10.1. The molecule has 0 unspecified atom stereocenters. The molecule has 1 aliphatic carbocycles. The average Bonchev–Trinajstić information content (AvgIpc) is 3.30. The standard InChI is InChI=1S/C15H21N7.2C2HF3O2/c1-17-10-4-5-22(8-10)13-6-12(19-15(16)20-13)11-7-18-21-14(11)9-2-3-9;2*3-2(4,5)1(6)7/h6-7,9-10,17H,2-5,8H2,1H3,(H,18,21)(H2,16,19,20);2*(H,6,7)/t10-;;/m1../s1. The van der Waals surface area contributed by atoms with Gasteiger partial charge < -0.3 is 26.2 Å². The summed E-state index contributed by atoms with van der Waals surface area (Å²) in [5.41, 5.74) is 9.05. The maximum Gasteiger partial charge on any atom is 0.490 e. The smallest absolute Gasteiger partial charge is 0.475 e. The molecule has 2 aliphatic rings. The van der Waals surface area contributed by atoms with Gasteiger partial charge in [0.25, 0.3) is 0 Å². The number of anilines is 2. The van der Waals surface area contributed by atoms with Crippen LogP contribution in [0.25, 0.3) is 11.3 Å². The molecule has 0 spiro atoms. The Bertz CT molecular complexity index is 1030. The molecule has 0 bridgehead atoms. The molecule has 3 heterocycles. The van der Waals surface area contributed by atoms with Crippen LogP contribution < -0.4 is 16.0 Å². The van der Waals surface area contributed by atoms with E-state index in [9.17, 15) is 26.3 Å². The Labute approximate surface area is 199 Å². The van der Waals surface area contributed by atoms with E-state index in [2.05, 4.69) is 30.4 Å². The normalized spacial score (nSPS) is 17.5. The van der Waals surface area contributed by atoms with E-state index in [-0.39, 0.29) is 0 Å². The van der Waals surface area contributed by atoms with Gasteiger partial charge >= 0.3 is 24.3 Å². The number of nitrogens with two attached hydrogens (primary N) is 1. The van der Waals surface area contributed by atoms with Crippen molar-refractivity contribution in [2.45, 2.75) is 43.6 Å². The van der Waals surface area contributed by atoms with E-state index in [0.29, 0.717) is 17.9 Å². The number of carboxylic acid groups (broad SMARTS) is 2. The third kappa shape index (κ3) is 8.24. The van der Waals surface area contributed by atoms with E-state index in [1.807, 2.05) is 19.3 Å². The first-order valence-electron chi connectivity index (χ1n) is 10.3. The van der Waals surface area contributed by atoms with Gasteiger partial charge in [0.2, 0.25) is 5.95 Å². The van der Waals surface area contributed by atoms with Gasteiger partial charge in [-0.25, -0.2) is 14.6 Å². The molecule has 2 fully saturated rings. The number of aromatic amines is 1. The molecule has 4 rings (SSSR count). The Hall–Kier alpha value is -3.63. The third-order valence-corrected chi connectivity index (χ3v) is 5.07. The SMILES string of the molecule is CN[C@@H]1CCN(c2cc(-c3cn[nH]c3C3CC3)nc(N)n2)C1.O=C(O)C(F)(F)F.O=C(O)C(F)(F)F. The van der Waals surface area contributed by atoms with Crippen LogP contribution in [0.4, 0.5) is 38.1 Å². The van der Waals surface area contributed by atoms with Gasteiger partial charge in [-0.15, -0.1) is 0 Å². The average molecular weight is 527 g/mol. The number of alkyl halides is 6. The first kappa shape index (κ1) is 28.6. The monoisotopic (exact) mass is 527 g/mol. The summed E-state index contributed by atoms with van der Waals surface area (Å²) in [6.45, 7) is 1.94. The number of likely N-dealkylation sites (N-methyl/N-ethyl adjacent to an activating group) is 1. The molecular formula is C19H23F6N7O4. The van der Waals surface area contributed by atoms with E-state index in [0.717, 1.165) is 36.6 Å². The summed E-state index contributed by atoms with van der Waals surface area (Å²) < 4.78 is 63.5. The van der Waals surface area contributed by atoms with Gasteiger partial charge in [0, 0.05) is 42.4 Å². The zero-order valence-corrected chi connectivity index (χ0v) is 18.7. The number of carbonyl (C=O) groups is 2. The van der Waals surface area contributed by atoms with Crippen molar-refractivity contribution < 1.29 is 46.1 Å². The van der Waals surface area contributed by atoms with Crippen LogP contribution >= 0.6 is 0 Å². The lowest BCUT2D eigenvalue weighted by Gasteiger charge is -2.18. The van der Waals surface area contributed by atoms with E-state index >= 15 is 0 Å². The topological polar surface area (TPSA) is 170 Å². The van der Waals surface area contributed by atoms with Gasteiger partial charge in [-0.3, -0.25) is 5.10 Å². The summed E-state index contributed by atoms with van der Waals surface area (Å²) in [6, 6.07) is 2.54. The van der Waals surface area contributed by atoms with Gasteiger partial charge in [0.15, 0.2) is 0 Å². The van der Waals surface area contributed by atoms with Crippen molar-refractivity contribution >= 4 is 23.7 Å². The molecule has 6 N–H and O–H groups in total. The quantitative estimate of drug-likeness (QED) is 0.372. The summed E-state index contributed by atoms with van der Waals surface area (Å²) in [6.07, 6.45) is -4.76. The number of nitrogen functional groups attached to an aromatic ring is 1. The molecule has 11 nitrogen and oxygen atoms in total. The lowest BCUT2D eigenvalue weighted by molar-refractivity contribution is -0.193. The van der Waals surface area contributed by atoms with Crippen LogP contribution in [0.15, 0.2) is 12.3 Å². The van der Waals surface area contributed by atoms with Crippen molar-refractivity contribution in [3.8, 4) is 11.3 Å². The molecule has 0 aromatic carbocycles. The molecule has 200 valence electrons.